The van der Waals surface area contributed by atoms with Crippen LogP contribution in [0.15, 0.2) is 77.0 Å². The van der Waals surface area contributed by atoms with E-state index in [2.05, 4.69) is 21.2 Å². The molecule has 0 fully saturated rings. The van der Waals surface area contributed by atoms with Crippen LogP contribution in [0.5, 0.6) is 23.0 Å². The first-order valence-corrected chi connectivity index (χ1v) is 13.8. The molecule has 244 valence electrons. The summed E-state index contributed by atoms with van der Waals surface area (Å²) in [6.45, 7) is 3.00. The van der Waals surface area contributed by atoms with Crippen LogP contribution in [0, 0.1) is 20.2 Å². The SMILES string of the molecule is CCOC(=O)C1=C(C)NC(=O)N[C@H]1c1ccc(OCC(=O)N/N=C\c2ccc(Oc3ccc([N+](=O)[O-])cc3[N+](=O)[O-])cc2)c(OC)c1. The van der Waals surface area contributed by atoms with Gasteiger partial charge >= 0.3 is 17.7 Å². The number of carbonyl (C=O) groups is 3. The Morgan fingerprint density at radius 3 is 2.38 bits per heavy atom. The molecule has 0 saturated carbocycles. The Morgan fingerprint density at radius 2 is 1.72 bits per heavy atom. The minimum absolute atomic E-state index is 0.153. The molecule has 4 rings (SSSR count). The Morgan fingerprint density at radius 1 is 1.00 bits per heavy atom. The number of nitro groups is 2. The van der Waals surface area contributed by atoms with Crippen molar-refractivity contribution in [2.75, 3.05) is 20.3 Å². The van der Waals surface area contributed by atoms with Gasteiger partial charge in [-0.3, -0.25) is 25.0 Å². The third-order valence-corrected chi connectivity index (χ3v) is 6.51. The third kappa shape index (κ3) is 8.35. The molecule has 3 aromatic carbocycles. The maximum atomic E-state index is 12.6. The summed E-state index contributed by atoms with van der Waals surface area (Å²) >= 11 is 0. The monoisotopic (exact) mass is 648 g/mol. The summed E-state index contributed by atoms with van der Waals surface area (Å²) in [4.78, 5) is 57.8. The van der Waals surface area contributed by atoms with E-state index in [9.17, 15) is 34.6 Å². The Bertz CT molecular complexity index is 1770. The lowest BCUT2D eigenvalue weighted by Gasteiger charge is -2.28. The van der Waals surface area contributed by atoms with Gasteiger partial charge in [0.25, 0.3) is 11.6 Å². The number of nitrogens with zero attached hydrogens (tertiary/aromatic N) is 3. The maximum Gasteiger partial charge on any atom is 0.338 e. The van der Waals surface area contributed by atoms with Crippen LogP contribution in [-0.2, 0) is 14.3 Å². The smallest absolute Gasteiger partial charge is 0.338 e. The number of hydrogen-bond acceptors (Lipinski definition) is 12. The molecule has 17 nitrogen and oxygen atoms in total. The zero-order valence-electron chi connectivity index (χ0n) is 25.2. The Hall–Kier alpha value is -6.52. The van der Waals surface area contributed by atoms with Gasteiger partial charge in [-0.2, -0.15) is 5.10 Å². The highest BCUT2D eigenvalue weighted by Crippen LogP contribution is 2.36. The van der Waals surface area contributed by atoms with E-state index in [4.69, 9.17) is 18.9 Å². The average Bonchev–Trinajstić information content (AvgIpc) is 3.04. The molecule has 1 aliphatic heterocycles. The van der Waals surface area contributed by atoms with Crippen LogP contribution >= 0.6 is 0 Å². The quantitative estimate of drug-likeness (QED) is 0.104. The van der Waals surface area contributed by atoms with Gasteiger partial charge in [0.05, 0.1) is 47.5 Å². The predicted molar refractivity (Wildman–Crippen MR) is 164 cm³/mol. The second-order valence-electron chi connectivity index (χ2n) is 9.62. The highest BCUT2D eigenvalue weighted by Gasteiger charge is 2.32. The number of hydrogen-bond donors (Lipinski definition) is 3. The van der Waals surface area contributed by atoms with E-state index in [1.165, 1.54) is 31.5 Å². The molecule has 0 saturated heterocycles. The minimum atomic E-state index is -0.815. The number of urea groups is 1. The number of allylic oxidation sites excluding steroid dienone is 1. The van der Waals surface area contributed by atoms with E-state index in [0.717, 1.165) is 18.2 Å². The molecule has 1 heterocycles. The highest BCUT2D eigenvalue weighted by molar-refractivity contribution is 5.95. The number of nitro benzene ring substituents is 2. The fourth-order valence-electron chi connectivity index (χ4n) is 4.36. The van der Waals surface area contributed by atoms with E-state index >= 15 is 0 Å². The molecule has 1 aliphatic rings. The van der Waals surface area contributed by atoms with Crippen LogP contribution in [-0.4, -0.2) is 54.3 Å². The highest BCUT2D eigenvalue weighted by atomic mass is 16.6. The van der Waals surface area contributed by atoms with E-state index in [1.54, 1.807) is 38.1 Å². The number of amides is 3. The molecule has 0 radical (unpaired) electrons. The van der Waals surface area contributed by atoms with Gasteiger partial charge in [0, 0.05) is 11.8 Å². The van der Waals surface area contributed by atoms with Crippen molar-refractivity contribution in [3.63, 3.8) is 0 Å². The summed E-state index contributed by atoms with van der Waals surface area (Å²) in [6.07, 6.45) is 1.34. The first-order valence-electron chi connectivity index (χ1n) is 13.8. The van der Waals surface area contributed by atoms with Crippen molar-refractivity contribution in [1.29, 1.82) is 0 Å². The number of ether oxygens (including phenoxy) is 4. The molecule has 3 aromatic rings. The van der Waals surface area contributed by atoms with Gasteiger partial charge in [-0.1, -0.05) is 6.07 Å². The van der Waals surface area contributed by atoms with Crippen molar-refractivity contribution >= 4 is 35.5 Å². The molecule has 3 N–H and O–H groups in total. The Kier molecular flexibility index (Phi) is 10.6. The molecule has 1 atom stereocenters. The fraction of sp³-hybridized carbons (Fsp3) is 0.200. The second-order valence-corrected chi connectivity index (χ2v) is 9.62. The molecule has 0 spiro atoms. The minimum Gasteiger partial charge on any atom is -0.493 e. The van der Waals surface area contributed by atoms with Gasteiger partial charge in [0.2, 0.25) is 5.75 Å². The van der Waals surface area contributed by atoms with Gasteiger partial charge in [-0.05, 0) is 67.4 Å². The molecular weight excluding hydrogens is 620 g/mol. The van der Waals surface area contributed by atoms with Crippen molar-refractivity contribution in [2.45, 2.75) is 19.9 Å². The number of non-ortho nitro benzene ring substituents is 1. The average molecular weight is 649 g/mol. The van der Waals surface area contributed by atoms with E-state index in [1.807, 2.05) is 0 Å². The third-order valence-electron chi connectivity index (χ3n) is 6.51. The molecule has 17 heteroatoms. The summed E-state index contributed by atoms with van der Waals surface area (Å²) in [6, 6.07) is 12.6. The predicted octanol–water partition coefficient (Wildman–Crippen LogP) is 4.02. The maximum absolute atomic E-state index is 12.6. The molecule has 3 amide bonds. The lowest BCUT2D eigenvalue weighted by molar-refractivity contribution is -0.394. The standard InChI is InChI=1S/C30H28N6O11/c1-4-45-29(38)27-17(2)32-30(39)33-28(27)19-7-11-24(25(13-19)44-3)46-16-26(37)34-31-15-18-5-9-21(10-6-18)47-23-12-8-20(35(40)41)14-22(23)36(42)43/h5-15,28H,4,16H2,1-3H3,(H,34,37)(H2,32,33,39)/b31-15-/t28-/m0/s1. The normalized spacial score (nSPS) is 14.1. The lowest BCUT2D eigenvalue weighted by atomic mass is 9.95. The van der Waals surface area contributed by atoms with Gasteiger partial charge in [0.1, 0.15) is 5.75 Å². The largest absolute Gasteiger partial charge is 0.493 e. The van der Waals surface area contributed by atoms with Crippen molar-refractivity contribution in [3.05, 3.63) is 103 Å². The number of esters is 1. The summed E-state index contributed by atoms with van der Waals surface area (Å²) in [5, 5.41) is 31.4. The van der Waals surface area contributed by atoms with Crippen molar-refractivity contribution < 1.29 is 43.2 Å². The molecule has 0 bridgehead atoms. The number of nitrogens with one attached hydrogen (secondary N) is 3. The summed E-state index contributed by atoms with van der Waals surface area (Å²) < 4.78 is 21.7. The molecule has 0 aromatic heterocycles. The van der Waals surface area contributed by atoms with Crippen LogP contribution in [0.2, 0.25) is 0 Å². The molecule has 47 heavy (non-hydrogen) atoms. The molecular formula is C30H28N6O11. The van der Waals surface area contributed by atoms with Crippen molar-refractivity contribution in [3.8, 4) is 23.0 Å². The number of methoxy groups -OCH3 is 1. The molecule has 0 aliphatic carbocycles. The van der Waals surface area contributed by atoms with Crippen LogP contribution in [0.25, 0.3) is 0 Å². The van der Waals surface area contributed by atoms with E-state index < -0.39 is 51.8 Å². The van der Waals surface area contributed by atoms with Crippen LogP contribution in [0.3, 0.4) is 0 Å². The first-order chi connectivity index (χ1) is 22.5. The number of rotatable bonds is 13. The van der Waals surface area contributed by atoms with Crippen LogP contribution in [0.4, 0.5) is 16.2 Å². The second kappa shape index (κ2) is 15.0. The zero-order chi connectivity index (χ0) is 34.1. The summed E-state index contributed by atoms with van der Waals surface area (Å²) in [5.74, 6) is -0.663. The van der Waals surface area contributed by atoms with Crippen LogP contribution in [0.1, 0.15) is 31.0 Å². The van der Waals surface area contributed by atoms with Crippen molar-refractivity contribution in [1.82, 2.24) is 16.1 Å². The number of carbonyl (C=O) groups excluding carboxylic acids is 3. The van der Waals surface area contributed by atoms with Crippen LogP contribution < -0.4 is 30.3 Å². The Balaban J connectivity index is 1.35. The fourth-order valence-corrected chi connectivity index (χ4v) is 4.36. The van der Waals surface area contributed by atoms with E-state index in [0.29, 0.717) is 16.8 Å². The zero-order valence-corrected chi connectivity index (χ0v) is 25.2. The first kappa shape index (κ1) is 33.4. The number of hydrazone groups is 1. The topological polar surface area (TPSA) is 223 Å². The van der Waals surface area contributed by atoms with Crippen molar-refractivity contribution in [2.24, 2.45) is 5.10 Å². The van der Waals surface area contributed by atoms with Gasteiger partial charge in [-0.15, -0.1) is 0 Å². The lowest BCUT2D eigenvalue weighted by Crippen LogP contribution is -2.45. The number of benzene rings is 3. The van der Waals surface area contributed by atoms with Gasteiger partial charge < -0.3 is 29.6 Å². The summed E-state index contributed by atoms with van der Waals surface area (Å²) in [5.41, 5.74) is 2.97. The summed E-state index contributed by atoms with van der Waals surface area (Å²) in [7, 11) is 1.40. The molecule has 0 unspecified atom stereocenters. The van der Waals surface area contributed by atoms with E-state index in [-0.39, 0.29) is 35.2 Å². The Labute approximate surface area is 266 Å². The van der Waals surface area contributed by atoms with Gasteiger partial charge in [0.15, 0.2) is 18.1 Å². The van der Waals surface area contributed by atoms with Gasteiger partial charge in [-0.25, -0.2) is 15.0 Å².